The Morgan fingerprint density at radius 1 is 1.28 bits per heavy atom. The van der Waals surface area contributed by atoms with Gasteiger partial charge in [0.25, 0.3) is 0 Å². The number of hydrogen-bond donors (Lipinski definition) is 1. The Labute approximate surface area is 110 Å². The van der Waals surface area contributed by atoms with Crippen molar-refractivity contribution in [1.82, 2.24) is 0 Å². The zero-order chi connectivity index (χ0) is 13.1. The third-order valence-electron chi connectivity index (χ3n) is 2.60. The molecule has 0 aliphatic carbocycles. The van der Waals surface area contributed by atoms with Crippen molar-refractivity contribution in [1.29, 1.82) is 0 Å². The predicted molar refractivity (Wildman–Crippen MR) is 71.6 cm³/mol. The molecule has 0 aliphatic heterocycles. The van der Waals surface area contributed by atoms with Crippen LogP contribution in [0, 0.1) is 13.8 Å². The maximum absolute atomic E-state index is 11.2. The molecule has 0 fully saturated rings. The molecule has 2 aromatic rings. The van der Waals surface area contributed by atoms with Crippen molar-refractivity contribution in [3.63, 3.8) is 0 Å². The van der Waals surface area contributed by atoms with Gasteiger partial charge in [-0.25, -0.2) is 0 Å². The van der Waals surface area contributed by atoms with Crippen molar-refractivity contribution < 1.29 is 9.90 Å². The number of rotatable bonds is 4. The Hall–Kier alpha value is -1.81. The van der Waals surface area contributed by atoms with Crippen LogP contribution in [0.2, 0.25) is 0 Å². The lowest BCUT2D eigenvalue weighted by Gasteiger charge is -2.20. The summed E-state index contributed by atoms with van der Waals surface area (Å²) in [5.74, 6) is -1.11. The van der Waals surface area contributed by atoms with E-state index in [0.29, 0.717) is 0 Å². The van der Waals surface area contributed by atoms with Gasteiger partial charge in [0.1, 0.15) is 6.04 Å². The van der Waals surface area contributed by atoms with Crippen LogP contribution in [-0.2, 0) is 4.79 Å². The molecule has 0 radical (unpaired) electrons. The van der Waals surface area contributed by atoms with Crippen molar-refractivity contribution in [2.24, 2.45) is 0 Å². The number of aliphatic carboxylic acids is 1. The maximum Gasteiger partial charge on any atom is 0.101 e. The van der Waals surface area contributed by atoms with E-state index in [2.05, 4.69) is 5.32 Å². The summed E-state index contributed by atoms with van der Waals surface area (Å²) in [5, 5.41) is 16.1. The number of anilines is 1. The summed E-state index contributed by atoms with van der Waals surface area (Å²) in [6.45, 7) is 3.97. The van der Waals surface area contributed by atoms with Crippen LogP contribution in [0.15, 0.2) is 35.7 Å². The van der Waals surface area contributed by atoms with E-state index >= 15 is 0 Å². The molecule has 1 atom stereocenters. The number of hydrogen-bond acceptors (Lipinski definition) is 4. The number of benzene rings is 1. The van der Waals surface area contributed by atoms with Crippen LogP contribution < -0.4 is 10.4 Å². The van der Waals surface area contributed by atoms with Gasteiger partial charge < -0.3 is 15.2 Å². The van der Waals surface area contributed by atoms with Gasteiger partial charge in [-0.15, -0.1) is 11.3 Å². The number of carboxylic acids is 1. The zero-order valence-electron chi connectivity index (χ0n) is 10.3. The Morgan fingerprint density at radius 2 is 1.94 bits per heavy atom. The minimum Gasteiger partial charge on any atom is -0.547 e. The second kappa shape index (κ2) is 5.23. The summed E-state index contributed by atoms with van der Waals surface area (Å²) in [5.41, 5.74) is 3.00. The molecule has 1 aromatic heterocycles. The molecule has 0 bridgehead atoms. The van der Waals surface area contributed by atoms with Crippen LogP contribution >= 0.6 is 11.3 Å². The van der Waals surface area contributed by atoms with Crippen LogP contribution in [0.25, 0.3) is 0 Å². The minimum absolute atomic E-state index is 0.745. The van der Waals surface area contributed by atoms with E-state index in [9.17, 15) is 9.90 Å². The van der Waals surface area contributed by atoms with Crippen LogP contribution in [0.5, 0.6) is 0 Å². The molecule has 0 saturated carbocycles. The Bertz CT molecular complexity index is 529. The van der Waals surface area contributed by atoms with Gasteiger partial charge in [0.05, 0.1) is 5.97 Å². The van der Waals surface area contributed by atoms with E-state index in [0.717, 1.165) is 21.7 Å². The van der Waals surface area contributed by atoms with Gasteiger partial charge in [0.2, 0.25) is 0 Å². The number of thiophene rings is 1. The summed E-state index contributed by atoms with van der Waals surface area (Å²) in [6, 6.07) is 8.73. The highest BCUT2D eigenvalue weighted by molar-refractivity contribution is 7.10. The average Bonchev–Trinajstić information content (AvgIpc) is 2.77. The first-order valence-electron chi connectivity index (χ1n) is 5.65. The number of carboxylic acid groups (broad SMARTS) is 1. The topological polar surface area (TPSA) is 52.2 Å². The van der Waals surface area contributed by atoms with E-state index in [-0.39, 0.29) is 0 Å². The Balaban J connectivity index is 2.27. The van der Waals surface area contributed by atoms with Gasteiger partial charge >= 0.3 is 0 Å². The van der Waals surface area contributed by atoms with Crippen LogP contribution in [-0.4, -0.2) is 5.97 Å². The molecule has 0 aliphatic rings. The maximum atomic E-state index is 11.2. The molecule has 2 rings (SSSR count). The van der Waals surface area contributed by atoms with Crippen molar-refractivity contribution in [2.75, 3.05) is 5.32 Å². The van der Waals surface area contributed by atoms with Crippen molar-refractivity contribution in [2.45, 2.75) is 19.9 Å². The SMILES string of the molecule is Cc1cc(C)cc(N[C@H](C(=O)[O-])c2cccs2)c1. The molecule has 0 saturated heterocycles. The molecule has 94 valence electrons. The molecule has 0 unspecified atom stereocenters. The second-order valence-electron chi connectivity index (χ2n) is 4.29. The summed E-state index contributed by atoms with van der Waals surface area (Å²) in [7, 11) is 0. The highest BCUT2D eigenvalue weighted by Crippen LogP contribution is 2.24. The van der Waals surface area contributed by atoms with Gasteiger partial charge in [-0.2, -0.15) is 0 Å². The first-order chi connectivity index (χ1) is 8.56. The highest BCUT2D eigenvalue weighted by Gasteiger charge is 2.13. The normalized spacial score (nSPS) is 12.1. The summed E-state index contributed by atoms with van der Waals surface area (Å²) < 4.78 is 0. The van der Waals surface area contributed by atoms with E-state index in [1.807, 2.05) is 43.5 Å². The van der Waals surface area contributed by atoms with E-state index in [1.165, 1.54) is 11.3 Å². The molecule has 3 nitrogen and oxygen atoms in total. The Kier molecular flexibility index (Phi) is 3.67. The van der Waals surface area contributed by atoms with Crippen molar-refractivity contribution in [3.8, 4) is 0 Å². The fourth-order valence-electron chi connectivity index (χ4n) is 1.93. The van der Waals surface area contributed by atoms with E-state index in [4.69, 9.17) is 0 Å². The summed E-state index contributed by atoms with van der Waals surface area (Å²) in [4.78, 5) is 11.9. The van der Waals surface area contributed by atoms with E-state index < -0.39 is 12.0 Å². The molecule has 18 heavy (non-hydrogen) atoms. The minimum atomic E-state index is -1.11. The predicted octanol–water partition coefficient (Wildman–Crippen LogP) is 2.27. The lowest BCUT2D eigenvalue weighted by Crippen LogP contribution is -2.33. The van der Waals surface area contributed by atoms with Crippen LogP contribution in [0.4, 0.5) is 5.69 Å². The molecule has 1 heterocycles. The van der Waals surface area contributed by atoms with Crippen LogP contribution in [0.1, 0.15) is 22.0 Å². The summed E-state index contributed by atoms with van der Waals surface area (Å²) >= 11 is 1.40. The number of aryl methyl sites for hydroxylation is 2. The van der Waals surface area contributed by atoms with Crippen molar-refractivity contribution >= 4 is 23.0 Å². The molecule has 0 amide bonds. The smallest absolute Gasteiger partial charge is 0.101 e. The van der Waals surface area contributed by atoms with Crippen LogP contribution in [0.3, 0.4) is 0 Å². The zero-order valence-corrected chi connectivity index (χ0v) is 11.1. The Morgan fingerprint density at radius 3 is 2.44 bits per heavy atom. The lowest BCUT2D eigenvalue weighted by atomic mass is 10.1. The number of carbonyl (C=O) groups is 1. The monoisotopic (exact) mass is 260 g/mol. The first kappa shape index (κ1) is 12.6. The standard InChI is InChI=1S/C14H15NO2S/c1-9-6-10(2)8-11(7-9)15-13(14(16)17)12-4-3-5-18-12/h3-8,13,15H,1-2H3,(H,16,17)/p-1/t13-/m0/s1. The average molecular weight is 260 g/mol. The fraction of sp³-hybridized carbons (Fsp3) is 0.214. The largest absolute Gasteiger partial charge is 0.547 e. The van der Waals surface area contributed by atoms with Gasteiger partial charge in [0.15, 0.2) is 0 Å². The highest BCUT2D eigenvalue weighted by atomic mass is 32.1. The van der Waals surface area contributed by atoms with Gasteiger partial charge in [-0.3, -0.25) is 0 Å². The second-order valence-corrected chi connectivity index (χ2v) is 5.27. The third-order valence-corrected chi connectivity index (χ3v) is 3.53. The van der Waals surface area contributed by atoms with Gasteiger partial charge in [-0.05, 0) is 48.6 Å². The lowest BCUT2D eigenvalue weighted by molar-refractivity contribution is -0.307. The number of carbonyl (C=O) groups excluding carboxylic acids is 1. The quantitative estimate of drug-likeness (QED) is 0.917. The molecule has 4 heteroatoms. The van der Waals surface area contributed by atoms with Gasteiger partial charge in [0, 0.05) is 10.6 Å². The third kappa shape index (κ3) is 2.90. The van der Waals surface area contributed by atoms with Gasteiger partial charge in [-0.1, -0.05) is 12.1 Å². The van der Waals surface area contributed by atoms with Crippen molar-refractivity contribution in [3.05, 3.63) is 51.7 Å². The molecule has 0 spiro atoms. The number of nitrogens with one attached hydrogen (secondary N) is 1. The first-order valence-corrected chi connectivity index (χ1v) is 6.53. The summed E-state index contributed by atoms with van der Waals surface area (Å²) in [6.07, 6.45) is 0. The molecule has 1 N–H and O–H groups in total. The molecular weight excluding hydrogens is 246 g/mol. The molecule has 1 aromatic carbocycles. The van der Waals surface area contributed by atoms with E-state index in [1.54, 1.807) is 6.07 Å². The molecular formula is C14H14NO2S-. The fourth-order valence-corrected chi connectivity index (χ4v) is 2.69.